The fourth-order valence-corrected chi connectivity index (χ4v) is 2.71. The number of hydrogen-bond acceptors (Lipinski definition) is 5. The summed E-state index contributed by atoms with van der Waals surface area (Å²) in [6, 6.07) is 0.829. The molecule has 0 unspecified atom stereocenters. The van der Waals surface area contributed by atoms with Crippen LogP contribution < -0.4 is 5.32 Å². The molecule has 1 N–H and O–H groups in total. The second-order valence-corrected chi connectivity index (χ2v) is 7.54. The summed E-state index contributed by atoms with van der Waals surface area (Å²) in [6.45, 7) is 2.70. The number of nitrogens with one attached hydrogen (secondary N) is 1. The minimum atomic E-state index is -4.65. The molecule has 2 heterocycles. The fraction of sp³-hybridized carbons (Fsp3) is 0.462. The summed E-state index contributed by atoms with van der Waals surface area (Å²) >= 11 is 0. The number of alkyl halides is 3. The molecule has 24 heavy (non-hydrogen) atoms. The normalized spacial score (nSPS) is 12.5. The summed E-state index contributed by atoms with van der Waals surface area (Å²) < 4.78 is 62.4. The van der Waals surface area contributed by atoms with Crippen molar-refractivity contribution in [3.8, 4) is 0 Å². The van der Waals surface area contributed by atoms with Gasteiger partial charge in [0.1, 0.15) is 11.3 Å². The molecule has 2 aromatic rings. The summed E-state index contributed by atoms with van der Waals surface area (Å²) in [5, 5.41) is 5.93. The van der Waals surface area contributed by atoms with E-state index < -0.39 is 27.6 Å². The zero-order valence-corrected chi connectivity index (χ0v) is 13.7. The molecule has 1 amide bonds. The predicted molar refractivity (Wildman–Crippen MR) is 79.4 cm³/mol. The quantitative estimate of drug-likeness (QED) is 0.861. The maximum atomic E-state index is 13.0. The molecule has 0 aliphatic carbocycles. The van der Waals surface area contributed by atoms with Crippen LogP contribution in [0.15, 0.2) is 12.3 Å². The van der Waals surface area contributed by atoms with E-state index in [1.54, 1.807) is 0 Å². The molecule has 0 bridgehead atoms. The van der Waals surface area contributed by atoms with Crippen molar-refractivity contribution in [2.75, 3.05) is 18.1 Å². The van der Waals surface area contributed by atoms with Crippen LogP contribution in [0.1, 0.15) is 28.7 Å². The zero-order chi connectivity index (χ0) is 18.1. The molecule has 2 aromatic heterocycles. The van der Waals surface area contributed by atoms with E-state index in [4.69, 9.17) is 0 Å². The number of halogens is 3. The van der Waals surface area contributed by atoms with Gasteiger partial charge in [-0.25, -0.2) is 17.9 Å². The lowest BCUT2D eigenvalue weighted by Crippen LogP contribution is -2.29. The highest BCUT2D eigenvalue weighted by atomic mass is 32.2. The van der Waals surface area contributed by atoms with E-state index in [0.717, 1.165) is 12.3 Å². The van der Waals surface area contributed by atoms with E-state index in [-0.39, 0.29) is 35.0 Å². The van der Waals surface area contributed by atoms with Crippen LogP contribution in [0, 0.1) is 6.92 Å². The molecule has 0 aliphatic rings. The molecule has 0 spiro atoms. The van der Waals surface area contributed by atoms with Crippen molar-refractivity contribution < 1.29 is 26.4 Å². The Balaban J connectivity index is 2.30. The van der Waals surface area contributed by atoms with Crippen molar-refractivity contribution >= 4 is 21.4 Å². The lowest BCUT2D eigenvalue weighted by Gasteiger charge is -2.10. The highest BCUT2D eigenvalue weighted by Gasteiger charge is 2.35. The Morgan fingerprint density at radius 2 is 2.04 bits per heavy atom. The van der Waals surface area contributed by atoms with Gasteiger partial charge in [-0.05, 0) is 13.0 Å². The number of carbonyl (C=O) groups excluding carboxylic acids is 1. The van der Waals surface area contributed by atoms with Crippen molar-refractivity contribution in [1.29, 1.82) is 0 Å². The van der Waals surface area contributed by atoms with E-state index in [9.17, 15) is 26.4 Å². The van der Waals surface area contributed by atoms with Crippen LogP contribution >= 0.6 is 0 Å². The fourth-order valence-electron chi connectivity index (χ4n) is 2.01. The van der Waals surface area contributed by atoms with E-state index >= 15 is 0 Å². The molecule has 0 aromatic carbocycles. The number of nitrogens with zero attached hydrogens (tertiary/aromatic N) is 3. The van der Waals surface area contributed by atoms with Gasteiger partial charge >= 0.3 is 6.18 Å². The zero-order valence-electron chi connectivity index (χ0n) is 12.9. The molecular weight excluding hydrogens is 349 g/mol. The summed E-state index contributed by atoms with van der Waals surface area (Å²) in [4.78, 5) is 16.0. The smallest absolute Gasteiger partial charge is 0.351 e. The minimum absolute atomic E-state index is 0.0602. The topological polar surface area (TPSA) is 93.4 Å². The summed E-state index contributed by atoms with van der Waals surface area (Å²) in [6.07, 6.45) is -3.68. The van der Waals surface area contributed by atoms with Gasteiger partial charge in [0.25, 0.3) is 5.91 Å². The second-order valence-electron chi connectivity index (χ2n) is 5.07. The number of carbonyl (C=O) groups is 1. The largest absolute Gasteiger partial charge is 0.433 e. The van der Waals surface area contributed by atoms with Gasteiger partial charge in [-0.2, -0.15) is 18.3 Å². The molecular formula is C13H15F3N4O3S. The van der Waals surface area contributed by atoms with Gasteiger partial charge < -0.3 is 5.32 Å². The predicted octanol–water partition coefficient (Wildman–Crippen LogP) is 1.22. The maximum Gasteiger partial charge on any atom is 0.433 e. The average molecular weight is 364 g/mol. The number of fused-ring (bicyclic) bond motifs is 1. The second kappa shape index (κ2) is 6.38. The Hall–Kier alpha value is -2.17. The van der Waals surface area contributed by atoms with Gasteiger partial charge in [0.2, 0.25) is 0 Å². The molecule has 0 saturated carbocycles. The number of hydrogen-bond donors (Lipinski definition) is 1. The highest BCUT2D eigenvalue weighted by molar-refractivity contribution is 7.91. The summed E-state index contributed by atoms with van der Waals surface area (Å²) in [7, 11) is -3.26. The van der Waals surface area contributed by atoms with Crippen molar-refractivity contribution in [1.82, 2.24) is 19.9 Å². The SMILES string of the molecule is CCS(=O)(=O)CCNC(=O)c1cnn2c(C(F)(F)F)cc(C)nc12. The molecule has 0 atom stereocenters. The average Bonchev–Trinajstić information content (AvgIpc) is 2.88. The summed E-state index contributed by atoms with van der Waals surface area (Å²) in [5.41, 5.74) is -1.35. The first-order valence-corrected chi connectivity index (χ1v) is 8.78. The monoisotopic (exact) mass is 364 g/mol. The van der Waals surface area contributed by atoms with Crippen LogP contribution in [0.4, 0.5) is 13.2 Å². The molecule has 132 valence electrons. The van der Waals surface area contributed by atoms with Crippen LogP contribution in [0.2, 0.25) is 0 Å². The van der Waals surface area contributed by atoms with E-state index in [2.05, 4.69) is 15.4 Å². The molecule has 0 aliphatic heterocycles. The third-order valence-electron chi connectivity index (χ3n) is 3.27. The van der Waals surface area contributed by atoms with Crippen molar-refractivity contribution in [2.45, 2.75) is 20.0 Å². The van der Waals surface area contributed by atoms with E-state index in [1.165, 1.54) is 13.8 Å². The first-order valence-electron chi connectivity index (χ1n) is 6.96. The van der Waals surface area contributed by atoms with Crippen molar-refractivity contribution in [3.05, 3.63) is 29.2 Å². The third-order valence-corrected chi connectivity index (χ3v) is 4.98. The molecule has 2 rings (SSSR count). The Kier molecular flexibility index (Phi) is 4.83. The van der Waals surface area contributed by atoms with Crippen molar-refractivity contribution in [2.24, 2.45) is 0 Å². The lowest BCUT2D eigenvalue weighted by atomic mass is 10.3. The molecule has 11 heteroatoms. The molecule has 0 fully saturated rings. The van der Waals surface area contributed by atoms with E-state index in [1.807, 2.05) is 0 Å². The Labute approximate surface area is 135 Å². The van der Waals surface area contributed by atoms with Gasteiger partial charge in [-0.15, -0.1) is 0 Å². The third kappa shape index (κ3) is 3.83. The molecule has 0 radical (unpaired) electrons. The number of aryl methyl sites for hydroxylation is 1. The van der Waals surface area contributed by atoms with Crippen LogP contribution in [0.25, 0.3) is 5.65 Å². The van der Waals surface area contributed by atoms with E-state index in [0.29, 0.717) is 4.52 Å². The van der Waals surface area contributed by atoms with Crippen LogP contribution in [-0.4, -0.2) is 47.0 Å². The van der Waals surface area contributed by atoms with Gasteiger partial charge in [0.05, 0.1) is 11.9 Å². The van der Waals surface area contributed by atoms with Gasteiger partial charge in [-0.3, -0.25) is 4.79 Å². The minimum Gasteiger partial charge on any atom is -0.351 e. The Bertz CT molecular complexity index is 874. The van der Waals surface area contributed by atoms with Crippen molar-refractivity contribution in [3.63, 3.8) is 0 Å². The highest BCUT2D eigenvalue weighted by Crippen LogP contribution is 2.30. The summed E-state index contributed by atoms with van der Waals surface area (Å²) in [5.74, 6) is -1.05. The molecule has 7 nitrogen and oxygen atoms in total. The first kappa shape index (κ1) is 18.2. The maximum absolute atomic E-state index is 13.0. The number of sulfone groups is 1. The standard InChI is InChI=1S/C13H15F3N4O3S/c1-3-24(22,23)5-4-17-12(21)9-7-18-20-10(13(14,15)16)6-8(2)19-11(9)20/h6-7H,3-5H2,1-2H3,(H,17,21). The first-order chi connectivity index (χ1) is 11.0. The number of amides is 1. The van der Waals surface area contributed by atoms with Crippen LogP contribution in [0.3, 0.4) is 0 Å². The molecule has 0 saturated heterocycles. The van der Waals surface area contributed by atoms with Gasteiger partial charge in [0.15, 0.2) is 15.5 Å². The Morgan fingerprint density at radius 3 is 2.62 bits per heavy atom. The van der Waals surface area contributed by atoms with Gasteiger partial charge in [-0.1, -0.05) is 6.92 Å². The van der Waals surface area contributed by atoms with Crippen LogP contribution in [-0.2, 0) is 16.0 Å². The lowest BCUT2D eigenvalue weighted by molar-refractivity contribution is -0.142. The van der Waals surface area contributed by atoms with Crippen LogP contribution in [0.5, 0.6) is 0 Å². The number of rotatable bonds is 5. The Morgan fingerprint density at radius 1 is 1.38 bits per heavy atom. The number of aromatic nitrogens is 3. The van der Waals surface area contributed by atoms with Gasteiger partial charge in [0, 0.05) is 18.0 Å².